The van der Waals surface area contributed by atoms with Crippen LogP contribution in [0.1, 0.15) is 30.5 Å². The van der Waals surface area contributed by atoms with Gasteiger partial charge in [-0.1, -0.05) is 0 Å². The lowest BCUT2D eigenvalue weighted by Crippen LogP contribution is -2.39. The van der Waals surface area contributed by atoms with Crippen LogP contribution in [0.15, 0.2) is 10.4 Å². The number of likely N-dealkylation sites (tertiary alicyclic amines) is 1. The second-order valence-corrected chi connectivity index (χ2v) is 6.53. The number of thiazole rings is 1. The molecule has 1 N–H and O–H groups in total. The average Bonchev–Trinajstić information content (AvgIpc) is 3.14. The van der Waals surface area contributed by atoms with Crippen LogP contribution in [0.5, 0.6) is 0 Å². The van der Waals surface area contributed by atoms with Gasteiger partial charge in [-0.2, -0.15) is 0 Å². The summed E-state index contributed by atoms with van der Waals surface area (Å²) in [6.45, 7) is 7.45. The van der Waals surface area contributed by atoms with Crippen LogP contribution in [0.4, 0.5) is 0 Å². The van der Waals surface area contributed by atoms with Gasteiger partial charge in [0.25, 0.3) is 0 Å². The van der Waals surface area contributed by atoms with E-state index in [9.17, 15) is 4.79 Å². The SMILES string of the molecule is CCNC(=NCC(=O)N1CCCC1)N(C)Cc1csc(C)n1.I. The largest absolute Gasteiger partial charge is 0.357 e. The van der Waals surface area contributed by atoms with Crippen molar-refractivity contribution in [1.82, 2.24) is 20.1 Å². The molecule has 1 aliphatic rings. The first-order valence-corrected chi connectivity index (χ1v) is 8.66. The number of amides is 1. The predicted octanol–water partition coefficient (Wildman–Crippen LogP) is 2.09. The fourth-order valence-electron chi connectivity index (χ4n) is 2.48. The van der Waals surface area contributed by atoms with E-state index in [1.165, 1.54) is 0 Å². The number of guanidine groups is 1. The summed E-state index contributed by atoms with van der Waals surface area (Å²) >= 11 is 1.65. The van der Waals surface area contributed by atoms with Crippen LogP contribution in [0.25, 0.3) is 0 Å². The molecule has 1 fully saturated rings. The molecule has 1 aliphatic heterocycles. The maximum atomic E-state index is 12.1. The third kappa shape index (κ3) is 6.25. The fraction of sp³-hybridized carbons (Fsp3) is 0.667. The van der Waals surface area contributed by atoms with Gasteiger partial charge in [0.05, 0.1) is 17.2 Å². The molecule has 8 heteroatoms. The molecule has 2 rings (SSSR count). The summed E-state index contributed by atoms with van der Waals surface area (Å²) in [5.41, 5.74) is 1.03. The van der Waals surface area contributed by atoms with Crippen molar-refractivity contribution >= 4 is 47.2 Å². The lowest BCUT2D eigenvalue weighted by molar-refractivity contribution is -0.128. The zero-order valence-electron chi connectivity index (χ0n) is 14.0. The van der Waals surface area contributed by atoms with Gasteiger partial charge >= 0.3 is 0 Å². The molecule has 6 nitrogen and oxygen atoms in total. The summed E-state index contributed by atoms with van der Waals surface area (Å²) in [5, 5.41) is 6.36. The number of carbonyl (C=O) groups excluding carboxylic acids is 1. The normalized spacial score (nSPS) is 14.6. The summed E-state index contributed by atoms with van der Waals surface area (Å²) in [4.78, 5) is 25.0. The number of aliphatic imine (C=N–C) groups is 1. The van der Waals surface area contributed by atoms with Crippen molar-refractivity contribution in [1.29, 1.82) is 0 Å². The molecule has 0 unspecified atom stereocenters. The summed E-state index contributed by atoms with van der Waals surface area (Å²) < 4.78 is 0. The maximum Gasteiger partial charge on any atom is 0.244 e. The number of nitrogens with one attached hydrogen (secondary N) is 1. The first kappa shape index (κ1) is 20.1. The van der Waals surface area contributed by atoms with Crippen molar-refractivity contribution in [3.63, 3.8) is 0 Å². The van der Waals surface area contributed by atoms with E-state index in [1.54, 1.807) is 11.3 Å². The van der Waals surface area contributed by atoms with Crippen LogP contribution < -0.4 is 5.32 Å². The van der Waals surface area contributed by atoms with Crippen molar-refractivity contribution in [2.45, 2.75) is 33.2 Å². The number of rotatable bonds is 5. The zero-order valence-corrected chi connectivity index (χ0v) is 17.2. The van der Waals surface area contributed by atoms with E-state index >= 15 is 0 Å². The first-order chi connectivity index (χ1) is 10.6. The lowest BCUT2D eigenvalue weighted by atomic mass is 10.4. The highest BCUT2D eigenvalue weighted by atomic mass is 127. The van der Waals surface area contributed by atoms with E-state index in [2.05, 4.69) is 20.7 Å². The molecule has 23 heavy (non-hydrogen) atoms. The molecule has 0 spiro atoms. The Morgan fingerprint density at radius 1 is 1.48 bits per heavy atom. The Balaban J connectivity index is 0.00000264. The van der Waals surface area contributed by atoms with Crippen molar-refractivity contribution in [2.24, 2.45) is 4.99 Å². The Bertz CT molecular complexity index is 528. The summed E-state index contributed by atoms with van der Waals surface area (Å²) in [6, 6.07) is 0. The molecule has 1 saturated heterocycles. The van der Waals surface area contributed by atoms with Crippen LogP contribution in [-0.4, -0.2) is 59.9 Å². The molecule has 0 aromatic carbocycles. The standard InChI is InChI=1S/C15H25N5OS.HI/c1-4-16-15(17-9-14(21)20-7-5-6-8-20)19(3)10-13-11-22-12(2)18-13;/h11H,4-10H2,1-3H3,(H,16,17);1H. The van der Waals surface area contributed by atoms with Gasteiger partial charge in [0.1, 0.15) is 6.54 Å². The number of hydrogen-bond donors (Lipinski definition) is 1. The molecule has 2 heterocycles. The molecular formula is C15H26IN5OS. The number of halogens is 1. The van der Waals surface area contributed by atoms with Crippen molar-refractivity contribution in [3.05, 3.63) is 16.1 Å². The smallest absolute Gasteiger partial charge is 0.244 e. The van der Waals surface area contributed by atoms with E-state index in [-0.39, 0.29) is 36.4 Å². The lowest BCUT2D eigenvalue weighted by Gasteiger charge is -2.21. The minimum atomic E-state index is 0. The number of carbonyl (C=O) groups is 1. The highest BCUT2D eigenvalue weighted by Crippen LogP contribution is 2.10. The average molecular weight is 451 g/mol. The quantitative estimate of drug-likeness (QED) is 0.423. The van der Waals surface area contributed by atoms with Crippen LogP contribution in [0.3, 0.4) is 0 Å². The molecule has 130 valence electrons. The Labute approximate surface area is 159 Å². The van der Waals surface area contributed by atoms with E-state index in [4.69, 9.17) is 0 Å². The maximum absolute atomic E-state index is 12.1. The molecule has 0 saturated carbocycles. The van der Waals surface area contributed by atoms with Crippen LogP contribution in [-0.2, 0) is 11.3 Å². The molecule has 1 amide bonds. The minimum absolute atomic E-state index is 0. The van der Waals surface area contributed by atoms with Gasteiger partial charge in [-0.05, 0) is 26.7 Å². The van der Waals surface area contributed by atoms with E-state index in [0.717, 1.165) is 49.1 Å². The molecule has 0 radical (unpaired) electrons. The molecule has 1 aromatic rings. The summed E-state index contributed by atoms with van der Waals surface area (Å²) in [7, 11) is 1.97. The predicted molar refractivity (Wildman–Crippen MR) is 106 cm³/mol. The Morgan fingerprint density at radius 2 is 2.17 bits per heavy atom. The highest BCUT2D eigenvalue weighted by Gasteiger charge is 2.18. The van der Waals surface area contributed by atoms with Crippen molar-refractivity contribution in [2.75, 3.05) is 33.2 Å². The zero-order chi connectivity index (χ0) is 15.9. The third-order valence-corrected chi connectivity index (χ3v) is 4.41. The van der Waals surface area contributed by atoms with Crippen molar-refractivity contribution in [3.8, 4) is 0 Å². The van der Waals surface area contributed by atoms with Gasteiger partial charge in [0.15, 0.2) is 5.96 Å². The monoisotopic (exact) mass is 451 g/mol. The van der Waals surface area contributed by atoms with Gasteiger partial charge in [-0.3, -0.25) is 4.79 Å². The third-order valence-electron chi connectivity index (χ3n) is 3.59. The van der Waals surface area contributed by atoms with Crippen LogP contribution in [0.2, 0.25) is 0 Å². The molecular weight excluding hydrogens is 425 g/mol. The van der Waals surface area contributed by atoms with Gasteiger partial charge in [0, 0.05) is 32.1 Å². The second kappa shape index (κ2) is 10.1. The molecule has 0 atom stereocenters. The number of aryl methyl sites for hydroxylation is 1. The molecule has 1 aromatic heterocycles. The fourth-order valence-corrected chi connectivity index (χ4v) is 3.08. The summed E-state index contributed by atoms with van der Waals surface area (Å²) in [5.74, 6) is 0.867. The van der Waals surface area contributed by atoms with Crippen molar-refractivity contribution < 1.29 is 4.79 Å². The topological polar surface area (TPSA) is 60.8 Å². The molecule has 0 aliphatic carbocycles. The summed E-state index contributed by atoms with van der Waals surface area (Å²) in [6.07, 6.45) is 2.22. The Kier molecular flexibility index (Phi) is 8.82. The van der Waals surface area contributed by atoms with Crippen LogP contribution >= 0.6 is 35.3 Å². The first-order valence-electron chi connectivity index (χ1n) is 7.78. The van der Waals surface area contributed by atoms with E-state index in [1.807, 2.05) is 30.7 Å². The highest BCUT2D eigenvalue weighted by molar-refractivity contribution is 14.0. The van der Waals surface area contributed by atoms with Gasteiger partial charge in [-0.25, -0.2) is 9.98 Å². The van der Waals surface area contributed by atoms with E-state index < -0.39 is 0 Å². The van der Waals surface area contributed by atoms with Gasteiger partial charge in [0.2, 0.25) is 5.91 Å². The number of aromatic nitrogens is 1. The van der Waals surface area contributed by atoms with Crippen LogP contribution in [0, 0.1) is 6.92 Å². The minimum Gasteiger partial charge on any atom is -0.357 e. The molecule has 0 bridgehead atoms. The van der Waals surface area contributed by atoms with E-state index in [0.29, 0.717) is 6.54 Å². The van der Waals surface area contributed by atoms with Gasteiger partial charge < -0.3 is 15.1 Å². The second-order valence-electron chi connectivity index (χ2n) is 5.47. The Morgan fingerprint density at radius 3 is 2.74 bits per heavy atom. The number of nitrogens with zero attached hydrogens (tertiary/aromatic N) is 4. The number of hydrogen-bond acceptors (Lipinski definition) is 4. The van der Waals surface area contributed by atoms with Gasteiger partial charge in [-0.15, -0.1) is 35.3 Å². The Hall–Kier alpha value is -0.900.